The van der Waals surface area contributed by atoms with Gasteiger partial charge in [-0.05, 0) is 43.3 Å². The number of para-hydroxylation sites is 1. The van der Waals surface area contributed by atoms with Crippen LogP contribution in [0.4, 0.5) is 5.69 Å². The van der Waals surface area contributed by atoms with E-state index in [1.807, 2.05) is 37.3 Å². The van der Waals surface area contributed by atoms with Gasteiger partial charge in [0.2, 0.25) is 11.8 Å². The van der Waals surface area contributed by atoms with Crippen LogP contribution in [0.2, 0.25) is 5.02 Å². The van der Waals surface area contributed by atoms with Crippen molar-refractivity contribution in [1.29, 1.82) is 0 Å². The maximum absolute atomic E-state index is 13.1. The molecule has 2 aromatic carbocycles. The fourth-order valence-corrected chi connectivity index (χ4v) is 4.14. The minimum atomic E-state index is -0.356. The summed E-state index contributed by atoms with van der Waals surface area (Å²) >= 11 is 5.94. The lowest BCUT2D eigenvalue weighted by atomic mass is 10.0. The Hall–Kier alpha value is -3.91. The molecule has 0 aliphatic carbocycles. The van der Waals surface area contributed by atoms with Crippen LogP contribution in [-0.4, -0.2) is 44.4 Å². The molecule has 9 heteroatoms. The Labute approximate surface area is 201 Å². The number of aromatic nitrogens is 3. The first kappa shape index (κ1) is 21.9. The van der Waals surface area contributed by atoms with Crippen LogP contribution in [0.1, 0.15) is 35.3 Å². The van der Waals surface area contributed by atoms with E-state index >= 15 is 0 Å². The molecule has 34 heavy (non-hydrogen) atoms. The summed E-state index contributed by atoms with van der Waals surface area (Å²) < 4.78 is 7.61. The standard InChI is InChI=1S/C25H22ClN5O3/c1-2-30-15-16(12-22(30)32)21-13-23(34-19-6-4-3-5-7-19)31-24(29-21)20(14-27-31)25(33)28-18-10-8-17(26)9-11-18/h3-11,13-14,16H,2,12,15H2,1H3,(H,28,33)/t16-/m0/s1. The van der Waals surface area contributed by atoms with Gasteiger partial charge in [0.25, 0.3) is 5.91 Å². The molecule has 2 aromatic heterocycles. The number of halogens is 1. The fourth-order valence-electron chi connectivity index (χ4n) is 4.01. The van der Waals surface area contributed by atoms with Crippen molar-refractivity contribution in [2.45, 2.75) is 19.3 Å². The van der Waals surface area contributed by atoms with Gasteiger partial charge in [0.1, 0.15) is 11.3 Å². The lowest BCUT2D eigenvalue weighted by Crippen LogP contribution is -2.24. The summed E-state index contributed by atoms with van der Waals surface area (Å²) in [6.45, 7) is 3.17. The number of anilines is 1. The number of hydrogen-bond donors (Lipinski definition) is 1. The molecule has 1 saturated heterocycles. The van der Waals surface area contributed by atoms with Crippen molar-refractivity contribution in [2.75, 3.05) is 18.4 Å². The highest BCUT2D eigenvalue weighted by molar-refractivity contribution is 6.30. The lowest BCUT2D eigenvalue weighted by molar-refractivity contribution is -0.127. The number of carbonyl (C=O) groups excluding carboxylic acids is 2. The minimum absolute atomic E-state index is 0.0916. The molecule has 1 atom stereocenters. The first-order valence-electron chi connectivity index (χ1n) is 11.0. The zero-order chi connectivity index (χ0) is 23.7. The average Bonchev–Trinajstić information content (AvgIpc) is 3.44. The normalized spacial score (nSPS) is 15.6. The molecule has 2 amide bonds. The minimum Gasteiger partial charge on any atom is -0.439 e. The van der Waals surface area contributed by atoms with E-state index in [1.165, 1.54) is 10.7 Å². The van der Waals surface area contributed by atoms with Crippen molar-refractivity contribution in [3.63, 3.8) is 0 Å². The van der Waals surface area contributed by atoms with E-state index in [9.17, 15) is 9.59 Å². The molecule has 4 aromatic rings. The van der Waals surface area contributed by atoms with E-state index in [1.54, 1.807) is 35.2 Å². The molecular weight excluding hydrogens is 454 g/mol. The summed E-state index contributed by atoms with van der Waals surface area (Å²) in [4.78, 5) is 32.0. The molecule has 0 spiro atoms. The number of fused-ring (bicyclic) bond motifs is 1. The molecule has 1 fully saturated rings. The third-order valence-electron chi connectivity index (χ3n) is 5.79. The molecule has 0 saturated carbocycles. The number of amides is 2. The van der Waals surface area contributed by atoms with Gasteiger partial charge in [-0.3, -0.25) is 9.59 Å². The Kier molecular flexibility index (Phi) is 5.90. The SMILES string of the molecule is CCN1C[C@@H](c2cc(Oc3ccccc3)n3ncc(C(=O)Nc4ccc(Cl)cc4)c3n2)CC1=O. The Morgan fingerprint density at radius 2 is 1.94 bits per heavy atom. The number of likely N-dealkylation sites (tertiary alicyclic amines) is 1. The topological polar surface area (TPSA) is 88.8 Å². The van der Waals surface area contributed by atoms with Crippen LogP contribution >= 0.6 is 11.6 Å². The molecule has 172 valence electrons. The smallest absolute Gasteiger partial charge is 0.261 e. The second-order valence-corrected chi connectivity index (χ2v) is 8.46. The second kappa shape index (κ2) is 9.15. The van der Waals surface area contributed by atoms with Crippen LogP contribution in [0.3, 0.4) is 0 Å². The van der Waals surface area contributed by atoms with Crippen molar-refractivity contribution in [1.82, 2.24) is 19.5 Å². The van der Waals surface area contributed by atoms with Gasteiger partial charge in [0.15, 0.2) is 5.65 Å². The molecule has 0 radical (unpaired) electrons. The third kappa shape index (κ3) is 4.32. The molecule has 5 rings (SSSR count). The van der Waals surface area contributed by atoms with E-state index in [0.717, 1.165) is 0 Å². The van der Waals surface area contributed by atoms with E-state index in [2.05, 4.69) is 10.4 Å². The average molecular weight is 476 g/mol. The number of rotatable bonds is 6. The maximum atomic E-state index is 13.1. The first-order valence-corrected chi connectivity index (χ1v) is 11.4. The number of ether oxygens (including phenoxy) is 1. The summed E-state index contributed by atoms with van der Waals surface area (Å²) in [6, 6.07) is 18.0. The highest BCUT2D eigenvalue weighted by atomic mass is 35.5. The summed E-state index contributed by atoms with van der Waals surface area (Å²) in [5, 5.41) is 7.81. The summed E-state index contributed by atoms with van der Waals surface area (Å²) in [7, 11) is 0. The van der Waals surface area contributed by atoms with Gasteiger partial charge in [-0.1, -0.05) is 29.8 Å². The van der Waals surface area contributed by atoms with E-state index in [-0.39, 0.29) is 17.7 Å². The summed E-state index contributed by atoms with van der Waals surface area (Å²) in [6.07, 6.45) is 1.83. The van der Waals surface area contributed by atoms with Gasteiger partial charge in [-0.25, -0.2) is 4.98 Å². The van der Waals surface area contributed by atoms with Crippen molar-refractivity contribution >= 4 is 34.7 Å². The van der Waals surface area contributed by atoms with Crippen LogP contribution in [-0.2, 0) is 4.79 Å². The molecule has 3 heterocycles. The van der Waals surface area contributed by atoms with Crippen LogP contribution in [0, 0.1) is 0 Å². The molecule has 1 aliphatic rings. The molecule has 1 aliphatic heterocycles. The largest absolute Gasteiger partial charge is 0.439 e. The van der Waals surface area contributed by atoms with Gasteiger partial charge < -0.3 is 15.0 Å². The van der Waals surface area contributed by atoms with E-state index in [4.69, 9.17) is 21.3 Å². The molecule has 0 bridgehead atoms. The lowest BCUT2D eigenvalue weighted by Gasteiger charge is -2.15. The molecule has 8 nitrogen and oxygen atoms in total. The van der Waals surface area contributed by atoms with Gasteiger partial charge >= 0.3 is 0 Å². The first-order chi connectivity index (χ1) is 16.5. The van der Waals surface area contributed by atoms with Crippen LogP contribution in [0.25, 0.3) is 5.65 Å². The maximum Gasteiger partial charge on any atom is 0.261 e. The van der Waals surface area contributed by atoms with Crippen LogP contribution in [0.15, 0.2) is 66.9 Å². The van der Waals surface area contributed by atoms with E-state index in [0.29, 0.717) is 58.8 Å². The number of likely N-dealkylation sites (N-methyl/N-ethyl adjacent to an activating group) is 1. The Morgan fingerprint density at radius 3 is 2.65 bits per heavy atom. The van der Waals surface area contributed by atoms with Crippen LogP contribution < -0.4 is 10.1 Å². The van der Waals surface area contributed by atoms with Crippen molar-refractivity contribution in [2.24, 2.45) is 0 Å². The van der Waals surface area contributed by atoms with Gasteiger partial charge in [0.05, 0.1) is 11.9 Å². The number of carbonyl (C=O) groups is 2. The zero-order valence-electron chi connectivity index (χ0n) is 18.4. The second-order valence-electron chi connectivity index (χ2n) is 8.02. The monoisotopic (exact) mass is 475 g/mol. The van der Waals surface area contributed by atoms with Crippen LogP contribution in [0.5, 0.6) is 11.6 Å². The van der Waals surface area contributed by atoms with Gasteiger partial charge in [0, 0.05) is 42.2 Å². The zero-order valence-corrected chi connectivity index (χ0v) is 19.2. The van der Waals surface area contributed by atoms with Crippen molar-refractivity contribution < 1.29 is 14.3 Å². The highest BCUT2D eigenvalue weighted by Gasteiger charge is 2.32. The predicted octanol–water partition coefficient (Wildman–Crippen LogP) is 4.76. The van der Waals surface area contributed by atoms with Crippen molar-refractivity contribution in [3.05, 3.63) is 83.1 Å². The van der Waals surface area contributed by atoms with E-state index < -0.39 is 0 Å². The number of nitrogens with one attached hydrogen (secondary N) is 1. The quantitative estimate of drug-likeness (QED) is 0.434. The molecule has 1 N–H and O–H groups in total. The summed E-state index contributed by atoms with van der Waals surface area (Å²) in [5.74, 6) is 0.678. The Bertz CT molecular complexity index is 1350. The molecular formula is C25H22ClN5O3. The highest BCUT2D eigenvalue weighted by Crippen LogP contribution is 2.32. The number of hydrogen-bond acceptors (Lipinski definition) is 5. The Balaban J connectivity index is 1.55. The van der Waals surface area contributed by atoms with Gasteiger partial charge in [-0.2, -0.15) is 9.61 Å². The molecule has 0 unspecified atom stereocenters. The summed E-state index contributed by atoms with van der Waals surface area (Å²) in [5.41, 5.74) is 1.94. The predicted molar refractivity (Wildman–Crippen MR) is 129 cm³/mol. The number of benzene rings is 2. The van der Waals surface area contributed by atoms with Gasteiger partial charge in [-0.15, -0.1) is 0 Å². The number of nitrogens with zero attached hydrogens (tertiary/aromatic N) is 4. The van der Waals surface area contributed by atoms with Crippen molar-refractivity contribution in [3.8, 4) is 11.6 Å². The third-order valence-corrected chi connectivity index (χ3v) is 6.04. The fraction of sp³-hybridized carbons (Fsp3) is 0.200. The Morgan fingerprint density at radius 1 is 1.18 bits per heavy atom.